The molecule has 2 aromatic rings. The maximum atomic E-state index is 4.51. The summed E-state index contributed by atoms with van der Waals surface area (Å²) in [5.41, 5.74) is 3.79. The summed E-state index contributed by atoms with van der Waals surface area (Å²) in [5, 5.41) is 5.45. The maximum Gasteiger partial charge on any atom is 0.0738 e. The summed E-state index contributed by atoms with van der Waals surface area (Å²) >= 11 is 7.42. The van der Waals surface area contributed by atoms with Gasteiger partial charge in [-0.25, -0.2) is 0 Å². The molecular weight excluding hydrogens is 380 g/mol. The van der Waals surface area contributed by atoms with Crippen molar-refractivity contribution in [2.24, 2.45) is 7.05 Å². The third-order valence-electron chi connectivity index (χ3n) is 4.09. The second kappa shape index (κ2) is 6.44. The van der Waals surface area contributed by atoms with Gasteiger partial charge in [0.15, 0.2) is 0 Å². The van der Waals surface area contributed by atoms with Crippen molar-refractivity contribution < 1.29 is 0 Å². The number of nitrogens with zero attached hydrogens (tertiary/aromatic N) is 2. The molecule has 0 fully saturated rings. The molecule has 0 radical (unpaired) electrons. The molecule has 0 saturated carbocycles. The Balaban J connectivity index is 2.45. The quantitative estimate of drug-likeness (QED) is 0.661. The van der Waals surface area contributed by atoms with E-state index in [1.165, 1.54) is 11.3 Å². The van der Waals surface area contributed by atoms with E-state index in [4.69, 9.17) is 0 Å². The Morgan fingerprint density at radius 2 is 1.90 bits per heavy atom. The molecule has 2 rings (SSSR count). The maximum absolute atomic E-state index is 4.51. The van der Waals surface area contributed by atoms with Gasteiger partial charge in [-0.1, -0.05) is 53.2 Å². The highest BCUT2D eigenvalue weighted by Crippen LogP contribution is 2.36. The molecule has 108 valence electrons. The number of rotatable bonds is 5. The van der Waals surface area contributed by atoms with Crippen molar-refractivity contribution in [1.29, 1.82) is 0 Å². The van der Waals surface area contributed by atoms with Gasteiger partial charge in [-0.2, -0.15) is 5.10 Å². The molecule has 1 atom stereocenters. The first-order chi connectivity index (χ1) is 9.54. The second-order valence-corrected chi connectivity index (χ2v) is 6.63. The molecule has 1 unspecified atom stereocenters. The Labute approximate surface area is 137 Å². The minimum atomic E-state index is 0.101. The van der Waals surface area contributed by atoms with Crippen LogP contribution in [0.5, 0.6) is 0 Å². The van der Waals surface area contributed by atoms with E-state index in [2.05, 4.69) is 74.2 Å². The third kappa shape index (κ3) is 2.86. The first-order valence-corrected chi connectivity index (χ1v) is 8.75. The van der Waals surface area contributed by atoms with Gasteiger partial charge in [0, 0.05) is 24.2 Å². The zero-order chi connectivity index (χ0) is 14.8. The molecule has 1 aromatic carbocycles. The van der Waals surface area contributed by atoms with Gasteiger partial charge >= 0.3 is 0 Å². The fourth-order valence-corrected chi connectivity index (χ4v) is 4.03. The van der Waals surface area contributed by atoms with Crippen LogP contribution in [-0.2, 0) is 18.9 Å². The number of aromatic nitrogens is 2. The lowest BCUT2D eigenvalue weighted by Gasteiger charge is -2.32. The van der Waals surface area contributed by atoms with Gasteiger partial charge in [-0.15, -0.1) is 0 Å². The molecule has 20 heavy (non-hydrogen) atoms. The Bertz CT molecular complexity index is 572. The highest BCUT2D eigenvalue weighted by molar-refractivity contribution is 9.10. The van der Waals surface area contributed by atoms with E-state index in [-0.39, 0.29) is 5.41 Å². The van der Waals surface area contributed by atoms with Crippen LogP contribution in [0.4, 0.5) is 0 Å². The largest absolute Gasteiger partial charge is 0.271 e. The van der Waals surface area contributed by atoms with E-state index in [1.54, 1.807) is 0 Å². The first kappa shape index (κ1) is 15.8. The fraction of sp³-hybridized carbons (Fsp3) is 0.438. The number of hydrogen-bond donors (Lipinski definition) is 0. The summed E-state index contributed by atoms with van der Waals surface area (Å²) in [6.45, 7) is 4.29. The van der Waals surface area contributed by atoms with Crippen molar-refractivity contribution in [3.05, 3.63) is 51.8 Å². The Hall–Kier alpha value is -0.610. The molecule has 0 saturated heterocycles. The van der Waals surface area contributed by atoms with Crippen molar-refractivity contribution >= 4 is 31.9 Å². The number of alkyl halides is 1. The van der Waals surface area contributed by atoms with E-state index in [0.717, 1.165) is 28.3 Å². The van der Waals surface area contributed by atoms with Gasteiger partial charge in [0.05, 0.1) is 15.9 Å². The number of hydrogen-bond acceptors (Lipinski definition) is 1. The summed E-state index contributed by atoms with van der Waals surface area (Å²) in [6, 6.07) is 10.8. The van der Waals surface area contributed by atoms with E-state index >= 15 is 0 Å². The van der Waals surface area contributed by atoms with Gasteiger partial charge in [-0.05, 0) is 34.8 Å². The summed E-state index contributed by atoms with van der Waals surface area (Å²) in [6.07, 6.45) is 2.05. The van der Waals surface area contributed by atoms with Crippen molar-refractivity contribution in [3.8, 4) is 0 Å². The smallest absolute Gasteiger partial charge is 0.0738 e. The number of benzene rings is 1. The van der Waals surface area contributed by atoms with Crippen molar-refractivity contribution in [1.82, 2.24) is 9.78 Å². The van der Waals surface area contributed by atoms with Gasteiger partial charge in [0.1, 0.15) is 0 Å². The monoisotopic (exact) mass is 398 g/mol. The molecule has 0 amide bonds. The van der Waals surface area contributed by atoms with Crippen LogP contribution in [0.25, 0.3) is 0 Å². The molecule has 0 spiro atoms. The van der Waals surface area contributed by atoms with Crippen molar-refractivity contribution in [2.75, 3.05) is 5.33 Å². The molecule has 0 aliphatic carbocycles. The molecule has 0 aliphatic heterocycles. The molecular formula is C16H20Br2N2. The molecule has 1 aromatic heterocycles. The Kier molecular flexibility index (Phi) is 5.08. The molecule has 4 heteroatoms. The van der Waals surface area contributed by atoms with Crippen molar-refractivity contribution in [2.45, 2.75) is 32.1 Å². The van der Waals surface area contributed by atoms with Crippen LogP contribution >= 0.6 is 31.9 Å². The molecule has 0 aliphatic rings. The van der Waals surface area contributed by atoms with Gasteiger partial charge < -0.3 is 0 Å². The zero-order valence-electron chi connectivity index (χ0n) is 12.2. The highest BCUT2D eigenvalue weighted by atomic mass is 79.9. The summed E-state index contributed by atoms with van der Waals surface area (Å²) in [7, 11) is 2.02. The third-order valence-corrected chi connectivity index (χ3v) is 6.19. The first-order valence-electron chi connectivity index (χ1n) is 6.83. The average Bonchev–Trinajstić information content (AvgIpc) is 2.71. The molecule has 0 N–H and O–H groups in total. The number of halogens is 2. The van der Waals surface area contributed by atoms with Crippen LogP contribution < -0.4 is 0 Å². The zero-order valence-corrected chi connectivity index (χ0v) is 15.3. The van der Waals surface area contributed by atoms with Crippen LogP contribution in [0, 0.1) is 6.92 Å². The summed E-state index contributed by atoms with van der Waals surface area (Å²) < 4.78 is 3.13. The lowest BCUT2D eigenvalue weighted by Crippen LogP contribution is -2.31. The van der Waals surface area contributed by atoms with Crippen LogP contribution in [0.1, 0.15) is 30.3 Å². The van der Waals surface area contributed by atoms with E-state index in [9.17, 15) is 0 Å². The normalized spacial score (nSPS) is 14.2. The Morgan fingerprint density at radius 1 is 1.25 bits per heavy atom. The minimum Gasteiger partial charge on any atom is -0.271 e. The lowest BCUT2D eigenvalue weighted by molar-refractivity contribution is 0.447. The predicted molar refractivity (Wildman–Crippen MR) is 91.6 cm³/mol. The predicted octanol–water partition coefficient (Wildman–Crippen LogP) is 4.78. The van der Waals surface area contributed by atoms with Gasteiger partial charge in [-0.3, -0.25) is 4.68 Å². The number of aryl methyl sites for hydroxylation is 2. The molecule has 2 nitrogen and oxygen atoms in total. The standard InChI is InChI=1S/C16H20Br2N2/c1-4-16(11-17,13-8-6-5-7-9-13)10-14-15(18)12(2)19-20(14)3/h5-9H,4,10-11H2,1-3H3. The second-order valence-electron chi connectivity index (χ2n) is 5.28. The van der Waals surface area contributed by atoms with Gasteiger partial charge in [0.2, 0.25) is 0 Å². The average molecular weight is 400 g/mol. The Morgan fingerprint density at radius 3 is 2.35 bits per heavy atom. The summed E-state index contributed by atoms with van der Waals surface area (Å²) in [5.74, 6) is 0. The van der Waals surface area contributed by atoms with Crippen molar-refractivity contribution in [3.63, 3.8) is 0 Å². The highest BCUT2D eigenvalue weighted by Gasteiger charge is 2.31. The SMILES string of the molecule is CCC(CBr)(Cc1c(Br)c(C)nn1C)c1ccccc1. The fourth-order valence-electron chi connectivity index (χ4n) is 2.63. The van der Waals surface area contributed by atoms with Crippen LogP contribution in [-0.4, -0.2) is 15.1 Å². The van der Waals surface area contributed by atoms with Crippen LogP contribution in [0.2, 0.25) is 0 Å². The van der Waals surface area contributed by atoms with E-state index in [1.807, 2.05) is 18.7 Å². The molecule has 0 bridgehead atoms. The van der Waals surface area contributed by atoms with Crippen LogP contribution in [0.3, 0.4) is 0 Å². The lowest BCUT2D eigenvalue weighted by atomic mass is 9.76. The van der Waals surface area contributed by atoms with Crippen LogP contribution in [0.15, 0.2) is 34.8 Å². The topological polar surface area (TPSA) is 17.8 Å². The van der Waals surface area contributed by atoms with E-state index < -0.39 is 0 Å². The van der Waals surface area contributed by atoms with Gasteiger partial charge in [0.25, 0.3) is 0 Å². The molecule has 1 heterocycles. The summed E-state index contributed by atoms with van der Waals surface area (Å²) in [4.78, 5) is 0. The van der Waals surface area contributed by atoms with E-state index in [0.29, 0.717) is 0 Å². The minimum absolute atomic E-state index is 0.101.